The number of hydrogen-bond acceptors (Lipinski definition) is 5. The van der Waals surface area contributed by atoms with Crippen molar-refractivity contribution in [2.45, 2.75) is 28.5 Å². The van der Waals surface area contributed by atoms with Crippen molar-refractivity contribution in [3.63, 3.8) is 0 Å². The quantitative estimate of drug-likeness (QED) is 0.563. The van der Waals surface area contributed by atoms with Gasteiger partial charge in [-0.15, -0.1) is 0 Å². The van der Waals surface area contributed by atoms with E-state index in [9.17, 15) is 21.9 Å². The molecule has 0 unspecified atom stereocenters. The molecule has 0 heterocycles. The van der Waals surface area contributed by atoms with E-state index in [2.05, 4.69) is 4.72 Å². The second kappa shape index (κ2) is 7.70. The van der Waals surface area contributed by atoms with Crippen molar-refractivity contribution in [2.75, 3.05) is 4.72 Å². The fraction of sp³-hybridized carbons (Fsp3) is 0.100. The zero-order valence-corrected chi connectivity index (χ0v) is 17.9. The summed E-state index contributed by atoms with van der Waals surface area (Å²) in [4.78, 5) is -0.437. The Bertz CT molecular complexity index is 1270. The van der Waals surface area contributed by atoms with Gasteiger partial charge in [-0.2, -0.15) is 0 Å². The molecule has 29 heavy (non-hydrogen) atoms. The largest absolute Gasteiger partial charge is 0.506 e. The number of phenols is 1. The van der Waals surface area contributed by atoms with E-state index in [0.29, 0.717) is 5.02 Å². The molecule has 3 aromatic rings. The van der Waals surface area contributed by atoms with Crippen molar-refractivity contribution in [2.24, 2.45) is 0 Å². The van der Waals surface area contributed by atoms with Gasteiger partial charge in [0.15, 0.2) is 0 Å². The number of benzene rings is 3. The van der Waals surface area contributed by atoms with Crippen LogP contribution in [0.4, 0.5) is 5.69 Å². The molecule has 0 aromatic heterocycles. The number of phenolic OH excluding ortho intramolecular Hbond substituents is 1. The molecule has 0 aliphatic heterocycles. The van der Waals surface area contributed by atoms with Gasteiger partial charge in [0.05, 0.1) is 15.5 Å². The maximum absolute atomic E-state index is 13.0. The molecular formula is C20H18ClNO5S2. The number of nitrogens with one attached hydrogen (secondary N) is 1. The number of sulfonamides is 1. The Kier molecular flexibility index (Phi) is 5.62. The van der Waals surface area contributed by atoms with E-state index in [-0.39, 0.29) is 21.0 Å². The number of sulfone groups is 1. The predicted molar refractivity (Wildman–Crippen MR) is 112 cm³/mol. The van der Waals surface area contributed by atoms with Crippen LogP contribution in [-0.4, -0.2) is 21.9 Å². The van der Waals surface area contributed by atoms with Gasteiger partial charge in [-0.1, -0.05) is 29.3 Å². The van der Waals surface area contributed by atoms with Gasteiger partial charge >= 0.3 is 0 Å². The van der Waals surface area contributed by atoms with Gasteiger partial charge in [-0.3, -0.25) is 4.72 Å². The summed E-state index contributed by atoms with van der Waals surface area (Å²) in [6.07, 6.45) is 0. The first-order chi connectivity index (χ1) is 13.5. The average molecular weight is 452 g/mol. The molecule has 0 radical (unpaired) electrons. The third-order valence-electron chi connectivity index (χ3n) is 4.26. The molecule has 0 saturated carbocycles. The smallest absolute Gasteiger partial charge is 0.261 e. The van der Waals surface area contributed by atoms with Crippen LogP contribution in [0.25, 0.3) is 0 Å². The molecule has 6 nitrogen and oxygen atoms in total. The molecule has 0 atom stereocenters. The summed E-state index contributed by atoms with van der Waals surface area (Å²) < 4.78 is 53.6. The van der Waals surface area contributed by atoms with Crippen molar-refractivity contribution in [1.82, 2.24) is 0 Å². The maximum Gasteiger partial charge on any atom is 0.261 e. The summed E-state index contributed by atoms with van der Waals surface area (Å²) in [5, 5.41) is 10.7. The number of rotatable bonds is 5. The van der Waals surface area contributed by atoms with Crippen LogP contribution in [0.15, 0.2) is 75.4 Å². The van der Waals surface area contributed by atoms with Crippen molar-refractivity contribution in [1.29, 1.82) is 0 Å². The maximum atomic E-state index is 13.0. The Morgan fingerprint density at radius 2 is 1.38 bits per heavy atom. The van der Waals surface area contributed by atoms with Crippen LogP contribution in [0, 0.1) is 13.8 Å². The van der Waals surface area contributed by atoms with Crippen molar-refractivity contribution in [3.8, 4) is 5.75 Å². The van der Waals surface area contributed by atoms with Crippen LogP contribution in [0.5, 0.6) is 5.75 Å². The summed E-state index contributed by atoms with van der Waals surface area (Å²) in [6.45, 7) is 3.32. The molecule has 152 valence electrons. The van der Waals surface area contributed by atoms with Crippen LogP contribution >= 0.6 is 11.6 Å². The topological polar surface area (TPSA) is 101 Å². The summed E-state index contributed by atoms with van der Waals surface area (Å²) in [5.74, 6) is -0.446. The second-order valence-corrected chi connectivity index (χ2v) is 10.6. The van der Waals surface area contributed by atoms with Crippen molar-refractivity contribution >= 4 is 37.1 Å². The first-order valence-corrected chi connectivity index (χ1v) is 11.8. The monoisotopic (exact) mass is 451 g/mol. The molecule has 3 aromatic carbocycles. The van der Waals surface area contributed by atoms with E-state index in [0.717, 1.165) is 11.6 Å². The highest BCUT2D eigenvalue weighted by Crippen LogP contribution is 2.35. The number of anilines is 1. The third-order valence-corrected chi connectivity index (χ3v) is 7.69. The minimum absolute atomic E-state index is 0.0217. The number of aryl methyl sites for hydroxylation is 2. The molecular weight excluding hydrogens is 434 g/mol. The average Bonchev–Trinajstić information content (AvgIpc) is 2.65. The first-order valence-electron chi connectivity index (χ1n) is 8.44. The van der Waals surface area contributed by atoms with Gasteiger partial charge in [0.25, 0.3) is 10.0 Å². The molecule has 9 heteroatoms. The van der Waals surface area contributed by atoms with E-state index in [1.165, 1.54) is 49.4 Å². The molecule has 0 spiro atoms. The molecule has 3 rings (SSSR count). The number of aromatic hydroxyl groups is 1. The Morgan fingerprint density at radius 1 is 0.828 bits per heavy atom. The molecule has 0 aliphatic carbocycles. The highest BCUT2D eigenvalue weighted by atomic mass is 35.5. The van der Waals surface area contributed by atoms with E-state index >= 15 is 0 Å². The van der Waals surface area contributed by atoms with Crippen LogP contribution in [-0.2, 0) is 19.9 Å². The Labute approximate surface area is 174 Å². The van der Waals surface area contributed by atoms with E-state index in [1.807, 2.05) is 6.92 Å². The summed E-state index contributed by atoms with van der Waals surface area (Å²) in [5.41, 5.74) is 1.14. The lowest BCUT2D eigenvalue weighted by Crippen LogP contribution is -2.14. The van der Waals surface area contributed by atoms with Crippen molar-refractivity contribution in [3.05, 3.63) is 76.8 Å². The van der Waals surface area contributed by atoms with Crippen LogP contribution in [0.2, 0.25) is 5.02 Å². The highest BCUT2D eigenvalue weighted by Gasteiger charge is 2.25. The molecule has 0 amide bonds. The lowest BCUT2D eigenvalue weighted by molar-refractivity contribution is 0.454. The van der Waals surface area contributed by atoms with Gasteiger partial charge in [0, 0.05) is 5.02 Å². The fourth-order valence-electron chi connectivity index (χ4n) is 2.68. The van der Waals surface area contributed by atoms with Gasteiger partial charge < -0.3 is 5.11 Å². The SMILES string of the molecule is Cc1ccc(S(=O)(=O)Nc2cc(C)c(O)c(S(=O)(=O)c3ccc(Cl)cc3)c2)cc1. The lowest BCUT2D eigenvalue weighted by Gasteiger charge is -2.14. The third kappa shape index (κ3) is 4.39. The van der Waals surface area contributed by atoms with Gasteiger partial charge in [-0.25, -0.2) is 16.8 Å². The van der Waals surface area contributed by atoms with Gasteiger partial charge in [-0.05, 0) is 67.9 Å². The molecule has 2 N–H and O–H groups in total. The molecule has 0 saturated heterocycles. The number of hydrogen-bond donors (Lipinski definition) is 2. The van der Waals surface area contributed by atoms with Crippen LogP contribution < -0.4 is 4.72 Å². The molecule has 0 fully saturated rings. The molecule has 0 aliphatic rings. The molecule has 0 bridgehead atoms. The Hall–Kier alpha value is -2.55. The highest BCUT2D eigenvalue weighted by molar-refractivity contribution is 7.92. The predicted octanol–water partition coefficient (Wildman–Crippen LogP) is 4.30. The summed E-state index contributed by atoms with van der Waals surface area (Å²) in [7, 11) is -8.04. The van der Waals surface area contributed by atoms with E-state index in [1.54, 1.807) is 12.1 Å². The van der Waals surface area contributed by atoms with E-state index < -0.39 is 30.5 Å². The van der Waals surface area contributed by atoms with Crippen LogP contribution in [0.1, 0.15) is 11.1 Å². The fourth-order valence-corrected chi connectivity index (χ4v) is 5.30. The first kappa shape index (κ1) is 21.2. The van der Waals surface area contributed by atoms with Crippen molar-refractivity contribution < 1.29 is 21.9 Å². The standard InChI is InChI=1S/C20H18ClNO5S2/c1-13-3-7-18(8-4-13)29(26,27)22-16-11-14(2)20(23)19(12-16)28(24,25)17-9-5-15(21)6-10-17/h3-12,22-23H,1-2H3. The van der Waals surface area contributed by atoms with Gasteiger partial charge in [0.1, 0.15) is 10.6 Å². The van der Waals surface area contributed by atoms with Gasteiger partial charge in [0.2, 0.25) is 9.84 Å². The van der Waals surface area contributed by atoms with E-state index in [4.69, 9.17) is 11.6 Å². The number of halogens is 1. The normalized spacial score (nSPS) is 12.0. The van der Waals surface area contributed by atoms with Crippen LogP contribution in [0.3, 0.4) is 0 Å². The Morgan fingerprint density at radius 3 is 1.97 bits per heavy atom. The lowest BCUT2D eigenvalue weighted by atomic mass is 10.2. The minimum atomic E-state index is -4.10. The Balaban J connectivity index is 2.06. The summed E-state index contributed by atoms with van der Waals surface area (Å²) >= 11 is 5.81. The zero-order valence-electron chi connectivity index (χ0n) is 15.5. The summed E-state index contributed by atoms with van der Waals surface area (Å²) in [6, 6.07) is 14.2. The second-order valence-electron chi connectivity index (χ2n) is 6.52. The zero-order chi connectivity index (χ0) is 21.4. The minimum Gasteiger partial charge on any atom is -0.506 e.